The summed E-state index contributed by atoms with van der Waals surface area (Å²) in [7, 11) is 0. The first-order valence-corrected chi connectivity index (χ1v) is 8.83. The molecule has 1 nitrogen and oxygen atoms in total. The van der Waals surface area contributed by atoms with E-state index in [1.807, 2.05) is 0 Å². The van der Waals surface area contributed by atoms with Crippen molar-refractivity contribution in [2.45, 2.75) is 72.8 Å². The molecule has 22 heavy (non-hydrogen) atoms. The predicted molar refractivity (Wildman–Crippen MR) is 96.3 cm³/mol. The molecule has 0 aromatic heterocycles. The Kier molecular flexibility index (Phi) is 3.87. The number of benzene rings is 1. The molecule has 0 saturated carbocycles. The fourth-order valence-corrected chi connectivity index (χ4v) is 4.38. The van der Waals surface area contributed by atoms with Crippen LogP contribution in [0.4, 0.5) is 5.69 Å². The second-order valence-electron chi connectivity index (χ2n) is 8.70. The van der Waals surface area contributed by atoms with E-state index in [-0.39, 0.29) is 0 Å². The van der Waals surface area contributed by atoms with Gasteiger partial charge in [0.05, 0.1) is 0 Å². The molecule has 3 rings (SSSR count). The first-order valence-electron chi connectivity index (χ1n) is 8.83. The van der Waals surface area contributed by atoms with Crippen molar-refractivity contribution < 1.29 is 0 Å². The number of para-hydroxylation sites is 1. The van der Waals surface area contributed by atoms with Gasteiger partial charge in [-0.05, 0) is 61.5 Å². The molecule has 1 atom stereocenters. The van der Waals surface area contributed by atoms with Gasteiger partial charge in [0, 0.05) is 11.7 Å². The van der Waals surface area contributed by atoms with Gasteiger partial charge in [-0.3, -0.25) is 0 Å². The average molecular weight is 297 g/mol. The lowest BCUT2D eigenvalue weighted by Crippen LogP contribution is -2.43. The molecule has 0 bridgehead atoms. The number of hydrogen-bond donors (Lipinski definition) is 1. The van der Waals surface area contributed by atoms with Crippen LogP contribution in [0.15, 0.2) is 35.4 Å². The third-order valence-electron chi connectivity index (χ3n) is 6.03. The summed E-state index contributed by atoms with van der Waals surface area (Å²) in [6.07, 6.45) is 6.51. The van der Waals surface area contributed by atoms with Gasteiger partial charge in [0.1, 0.15) is 0 Å². The zero-order chi connectivity index (χ0) is 16.0. The van der Waals surface area contributed by atoms with Crippen molar-refractivity contribution in [3.8, 4) is 0 Å². The van der Waals surface area contributed by atoms with Gasteiger partial charge in [0.15, 0.2) is 0 Å². The minimum Gasteiger partial charge on any atom is -0.381 e. The van der Waals surface area contributed by atoms with Crippen molar-refractivity contribution >= 4 is 5.69 Å². The van der Waals surface area contributed by atoms with Crippen LogP contribution in [-0.2, 0) is 0 Å². The van der Waals surface area contributed by atoms with Gasteiger partial charge in [-0.1, -0.05) is 57.0 Å². The maximum absolute atomic E-state index is 3.87. The van der Waals surface area contributed by atoms with Gasteiger partial charge in [-0.15, -0.1) is 0 Å². The van der Waals surface area contributed by atoms with Gasteiger partial charge in [-0.2, -0.15) is 0 Å². The highest BCUT2D eigenvalue weighted by atomic mass is 14.9. The van der Waals surface area contributed by atoms with Crippen LogP contribution in [0.2, 0.25) is 0 Å². The van der Waals surface area contributed by atoms with E-state index in [1.165, 1.54) is 43.4 Å². The van der Waals surface area contributed by atoms with Crippen LogP contribution in [0.5, 0.6) is 0 Å². The number of hydrogen-bond acceptors (Lipinski definition) is 1. The van der Waals surface area contributed by atoms with Crippen LogP contribution in [0.1, 0.15) is 65.4 Å². The molecule has 0 heterocycles. The monoisotopic (exact) mass is 297 g/mol. The highest BCUT2D eigenvalue weighted by molar-refractivity contribution is 5.52. The Morgan fingerprint density at radius 1 is 1.09 bits per heavy atom. The molecule has 0 unspecified atom stereocenters. The summed E-state index contributed by atoms with van der Waals surface area (Å²) >= 11 is 0. The Hall–Kier alpha value is -1.24. The van der Waals surface area contributed by atoms with E-state index < -0.39 is 0 Å². The molecule has 0 amide bonds. The maximum atomic E-state index is 3.87. The van der Waals surface area contributed by atoms with Gasteiger partial charge >= 0.3 is 0 Å². The van der Waals surface area contributed by atoms with E-state index in [2.05, 4.69) is 64.2 Å². The standard InChI is InChI=1S/C21H31N/c1-15-9-6-7-11-18(15)22-19-13-16-10-8-12-20(2,3)17(16)14-21(19,4)5/h6-7,9,11,19,22H,8,10,12-14H2,1-5H3/t19-/m1/s1. The van der Waals surface area contributed by atoms with E-state index in [9.17, 15) is 0 Å². The third-order valence-corrected chi connectivity index (χ3v) is 6.03. The molecule has 1 aromatic carbocycles. The normalized spacial score (nSPS) is 26.5. The Bertz CT molecular complexity index is 592. The van der Waals surface area contributed by atoms with Crippen LogP contribution < -0.4 is 5.32 Å². The van der Waals surface area contributed by atoms with E-state index in [0.717, 1.165) is 0 Å². The summed E-state index contributed by atoms with van der Waals surface area (Å²) in [5.74, 6) is 0. The van der Waals surface area contributed by atoms with Crippen molar-refractivity contribution in [3.63, 3.8) is 0 Å². The molecule has 1 aromatic rings. The molecular formula is C21H31N. The molecule has 0 spiro atoms. The average Bonchev–Trinajstić information content (AvgIpc) is 2.43. The van der Waals surface area contributed by atoms with E-state index >= 15 is 0 Å². The summed E-state index contributed by atoms with van der Waals surface area (Å²) < 4.78 is 0. The molecule has 1 heteroatoms. The Balaban J connectivity index is 1.88. The minimum absolute atomic E-state index is 0.315. The first kappa shape index (κ1) is 15.6. The second-order valence-corrected chi connectivity index (χ2v) is 8.70. The SMILES string of the molecule is Cc1ccccc1N[C@@H]1CC2=C(CC1(C)C)C(C)(C)CCC2. The fraction of sp³-hybridized carbons (Fsp3) is 0.619. The largest absolute Gasteiger partial charge is 0.381 e. The van der Waals surface area contributed by atoms with Gasteiger partial charge in [-0.25, -0.2) is 0 Å². The van der Waals surface area contributed by atoms with Gasteiger partial charge in [0.25, 0.3) is 0 Å². The number of rotatable bonds is 2. The molecule has 2 aliphatic carbocycles. The minimum atomic E-state index is 0.315. The summed E-state index contributed by atoms with van der Waals surface area (Å²) in [6, 6.07) is 9.23. The van der Waals surface area contributed by atoms with Crippen molar-refractivity contribution in [2.75, 3.05) is 5.32 Å². The molecule has 120 valence electrons. The van der Waals surface area contributed by atoms with Crippen LogP contribution in [0.3, 0.4) is 0 Å². The first-order chi connectivity index (χ1) is 10.3. The highest BCUT2D eigenvalue weighted by Crippen LogP contribution is 2.52. The topological polar surface area (TPSA) is 12.0 Å². The summed E-state index contributed by atoms with van der Waals surface area (Å²) in [5, 5.41) is 3.87. The van der Waals surface area contributed by atoms with Gasteiger partial charge in [0.2, 0.25) is 0 Å². The van der Waals surface area contributed by atoms with Crippen molar-refractivity contribution in [2.24, 2.45) is 10.8 Å². The Morgan fingerprint density at radius 2 is 1.82 bits per heavy atom. The zero-order valence-corrected chi connectivity index (χ0v) is 14.9. The smallest absolute Gasteiger partial charge is 0.0372 e. The molecule has 2 aliphatic rings. The van der Waals surface area contributed by atoms with E-state index in [0.29, 0.717) is 16.9 Å². The predicted octanol–water partition coefficient (Wildman–Crippen LogP) is 6.10. The number of aryl methyl sites for hydroxylation is 1. The zero-order valence-electron chi connectivity index (χ0n) is 14.9. The summed E-state index contributed by atoms with van der Waals surface area (Å²) in [4.78, 5) is 0. The molecule has 0 saturated heterocycles. The molecule has 0 aliphatic heterocycles. The van der Waals surface area contributed by atoms with Crippen LogP contribution >= 0.6 is 0 Å². The van der Waals surface area contributed by atoms with Crippen LogP contribution in [0.25, 0.3) is 0 Å². The number of nitrogens with one attached hydrogen (secondary N) is 1. The van der Waals surface area contributed by atoms with E-state index in [1.54, 1.807) is 11.1 Å². The number of anilines is 1. The number of allylic oxidation sites excluding steroid dienone is 1. The lowest BCUT2D eigenvalue weighted by molar-refractivity contribution is 0.225. The lowest BCUT2D eigenvalue weighted by Gasteiger charge is -2.48. The molecule has 0 radical (unpaired) electrons. The van der Waals surface area contributed by atoms with Crippen LogP contribution in [0, 0.1) is 17.8 Å². The second kappa shape index (κ2) is 5.44. The van der Waals surface area contributed by atoms with Crippen molar-refractivity contribution in [1.82, 2.24) is 0 Å². The molecule has 0 fully saturated rings. The highest BCUT2D eigenvalue weighted by Gasteiger charge is 2.42. The maximum Gasteiger partial charge on any atom is 0.0372 e. The summed E-state index contributed by atoms with van der Waals surface area (Å²) in [5.41, 5.74) is 6.91. The Morgan fingerprint density at radius 3 is 2.55 bits per heavy atom. The third kappa shape index (κ3) is 2.83. The van der Waals surface area contributed by atoms with Crippen molar-refractivity contribution in [1.29, 1.82) is 0 Å². The van der Waals surface area contributed by atoms with Crippen molar-refractivity contribution in [3.05, 3.63) is 41.0 Å². The quantitative estimate of drug-likeness (QED) is 0.650. The molecule has 1 N–H and O–H groups in total. The fourth-order valence-electron chi connectivity index (χ4n) is 4.38. The summed E-state index contributed by atoms with van der Waals surface area (Å²) in [6.45, 7) is 12.0. The van der Waals surface area contributed by atoms with Gasteiger partial charge < -0.3 is 5.32 Å². The Labute approximate surface area is 136 Å². The van der Waals surface area contributed by atoms with E-state index in [4.69, 9.17) is 0 Å². The molecular weight excluding hydrogens is 266 g/mol. The van der Waals surface area contributed by atoms with Crippen LogP contribution in [-0.4, -0.2) is 6.04 Å². The lowest BCUT2D eigenvalue weighted by atomic mass is 9.60.